The van der Waals surface area contributed by atoms with Gasteiger partial charge in [-0.15, -0.1) is 0 Å². The summed E-state index contributed by atoms with van der Waals surface area (Å²) in [5.74, 6) is 0.315. The Morgan fingerprint density at radius 3 is 2.31 bits per heavy atom. The van der Waals surface area contributed by atoms with E-state index in [0.717, 1.165) is 16.7 Å². The van der Waals surface area contributed by atoms with Crippen LogP contribution < -0.4 is 0 Å². The predicted octanol–water partition coefficient (Wildman–Crippen LogP) is 2.77. The molecule has 3 heteroatoms. The Kier molecular flexibility index (Phi) is 5.29. The zero-order valence-corrected chi connectivity index (χ0v) is 10.2. The van der Waals surface area contributed by atoms with E-state index >= 15 is 0 Å². The molecule has 0 atom stereocenters. The van der Waals surface area contributed by atoms with Crippen molar-refractivity contribution >= 4 is 0 Å². The van der Waals surface area contributed by atoms with Crippen LogP contribution in [0.5, 0.6) is 5.75 Å². The zero-order valence-electron chi connectivity index (χ0n) is 10.2. The molecule has 0 fully saturated rings. The van der Waals surface area contributed by atoms with Gasteiger partial charge in [-0.3, -0.25) is 0 Å². The van der Waals surface area contributed by atoms with Gasteiger partial charge >= 0.3 is 0 Å². The number of phenols is 1. The minimum atomic E-state index is 0.315. The average molecular weight is 224 g/mol. The highest BCUT2D eigenvalue weighted by molar-refractivity contribution is 5.43. The Balaban J connectivity index is 2.91. The first-order valence-corrected chi connectivity index (χ1v) is 5.66. The summed E-state index contributed by atoms with van der Waals surface area (Å²) in [5, 5.41) is 9.65. The van der Waals surface area contributed by atoms with Crippen molar-refractivity contribution in [2.75, 3.05) is 13.2 Å². The van der Waals surface area contributed by atoms with Crippen LogP contribution in [0.15, 0.2) is 12.1 Å². The van der Waals surface area contributed by atoms with Crippen LogP contribution in [0, 0.1) is 6.92 Å². The maximum absolute atomic E-state index is 9.65. The molecule has 1 N–H and O–H groups in total. The van der Waals surface area contributed by atoms with Crippen LogP contribution in [0.4, 0.5) is 0 Å². The Labute approximate surface area is 97.0 Å². The summed E-state index contributed by atoms with van der Waals surface area (Å²) in [4.78, 5) is 0. The second-order valence-corrected chi connectivity index (χ2v) is 3.62. The van der Waals surface area contributed by atoms with Crippen molar-refractivity contribution in [3.05, 3.63) is 28.8 Å². The third-order valence-corrected chi connectivity index (χ3v) is 2.58. The molecule has 1 aromatic rings. The number of rotatable bonds is 6. The molecule has 0 saturated carbocycles. The molecule has 3 nitrogen and oxygen atoms in total. The highest BCUT2D eigenvalue weighted by atomic mass is 16.5. The summed E-state index contributed by atoms with van der Waals surface area (Å²) in [6, 6.07) is 3.60. The first-order chi connectivity index (χ1) is 7.70. The smallest absolute Gasteiger partial charge is 0.118 e. The minimum Gasteiger partial charge on any atom is -0.508 e. The monoisotopic (exact) mass is 224 g/mol. The highest BCUT2D eigenvalue weighted by Crippen LogP contribution is 2.25. The van der Waals surface area contributed by atoms with Crippen molar-refractivity contribution in [1.82, 2.24) is 0 Å². The number of aromatic hydroxyl groups is 1. The molecule has 90 valence electrons. The molecule has 0 bridgehead atoms. The second kappa shape index (κ2) is 6.51. The van der Waals surface area contributed by atoms with Crippen molar-refractivity contribution in [2.24, 2.45) is 0 Å². The minimum absolute atomic E-state index is 0.315. The van der Waals surface area contributed by atoms with Gasteiger partial charge in [0.2, 0.25) is 0 Å². The number of ether oxygens (including phenoxy) is 2. The summed E-state index contributed by atoms with van der Waals surface area (Å²) in [6.45, 7) is 8.28. The molecule has 0 heterocycles. The number of hydrogen-bond acceptors (Lipinski definition) is 3. The Bertz CT molecular complexity index is 334. The lowest BCUT2D eigenvalue weighted by molar-refractivity contribution is 0.119. The van der Waals surface area contributed by atoms with Crippen LogP contribution in [0.25, 0.3) is 0 Å². The van der Waals surface area contributed by atoms with E-state index in [1.54, 1.807) is 6.07 Å². The van der Waals surface area contributed by atoms with Gasteiger partial charge in [0, 0.05) is 13.2 Å². The number of hydrogen-bond donors (Lipinski definition) is 1. The van der Waals surface area contributed by atoms with Crippen molar-refractivity contribution in [2.45, 2.75) is 34.0 Å². The van der Waals surface area contributed by atoms with Crippen molar-refractivity contribution in [3.63, 3.8) is 0 Å². The summed E-state index contributed by atoms with van der Waals surface area (Å²) in [5.41, 5.74) is 3.01. The lowest BCUT2D eigenvalue weighted by atomic mass is 10.0. The molecule has 0 saturated heterocycles. The van der Waals surface area contributed by atoms with E-state index in [0.29, 0.717) is 32.2 Å². The fourth-order valence-electron chi connectivity index (χ4n) is 1.55. The standard InChI is InChI=1S/C13H20O3/c1-4-15-8-11-6-7-13(14)10(3)12(11)9-16-5-2/h6-7,14H,4-5,8-9H2,1-3H3. The van der Waals surface area contributed by atoms with E-state index in [1.807, 2.05) is 26.8 Å². The number of phenolic OH excluding ortho intramolecular Hbond substituents is 1. The van der Waals surface area contributed by atoms with Crippen molar-refractivity contribution in [3.8, 4) is 5.75 Å². The second-order valence-electron chi connectivity index (χ2n) is 3.62. The van der Waals surface area contributed by atoms with Gasteiger partial charge in [0.15, 0.2) is 0 Å². The third kappa shape index (κ3) is 3.22. The molecular formula is C13H20O3. The van der Waals surface area contributed by atoms with Gasteiger partial charge < -0.3 is 14.6 Å². The third-order valence-electron chi connectivity index (χ3n) is 2.58. The zero-order chi connectivity index (χ0) is 12.0. The molecule has 0 amide bonds. The summed E-state index contributed by atoms with van der Waals surface area (Å²) in [7, 11) is 0. The topological polar surface area (TPSA) is 38.7 Å². The van der Waals surface area contributed by atoms with Gasteiger partial charge in [-0.25, -0.2) is 0 Å². The molecule has 0 aliphatic rings. The van der Waals surface area contributed by atoms with Gasteiger partial charge in [-0.2, -0.15) is 0 Å². The van der Waals surface area contributed by atoms with Gasteiger partial charge in [-0.1, -0.05) is 6.07 Å². The molecule has 0 unspecified atom stereocenters. The predicted molar refractivity (Wildman–Crippen MR) is 63.5 cm³/mol. The summed E-state index contributed by atoms with van der Waals surface area (Å²) in [6.07, 6.45) is 0. The van der Waals surface area contributed by atoms with E-state index in [1.165, 1.54) is 0 Å². The fourth-order valence-corrected chi connectivity index (χ4v) is 1.55. The molecule has 0 aliphatic heterocycles. The quantitative estimate of drug-likeness (QED) is 0.807. The van der Waals surface area contributed by atoms with E-state index in [2.05, 4.69) is 0 Å². The maximum Gasteiger partial charge on any atom is 0.118 e. The first kappa shape index (κ1) is 13.0. The highest BCUT2D eigenvalue weighted by Gasteiger charge is 2.09. The SMILES string of the molecule is CCOCc1ccc(O)c(C)c1COCC. The Morgan fingerprint density at radius 2 is 1.69 bits per heavy atom. The Hall–Kier alpha value is -1.06. The maximum atomic E-state index is 9.65. The van der Waals surface area contributed by atoms with E-state index < -0.39 is 0 Å². The number of benzene rings is 1. The van der Waals surface area contributed by atoms with Crippen LogP contribution in [0.3, 0.4) is 0 Å². The van der Waals surface area contributed by atoms with Gasteiger partial charge in [-0.05, 0) is 43.5 Å². The lowest BCUT2D eigenvalue weighted by Crippen LogP contribution is -2.03. The molecule has 0 radical (unpaired) electrons. The largest absolute Gasteiger partial charge is 0.508 e. The molecule has 1 rings (SSSR count). The Morgan fingerprint density at radius 1 is 1.06 bits per heavy atom. The van der Waals surface area contributed by atoms with Gasteiger partial charge in [0.1, 0.15) is 5.75 Å². The van der Waals surface area contributed by atoms with Crippen LogP contribution in [-0.2, 0) is 22.7 Å². The van der Waals surface area contributed by atoms with Crippen LogP contribution in [-0.4, -0.2) is 18.3 Å². The van der Waals surface area contributed by atoms with E-state index in [4.69, 9.17) is 9.47 Å². The van der Waals surface area contributed by atoms with Crippen molar-refractivity contribution < 1.29 is 14.6 Å². The van der Waals surface area contributed by atoms with Crippen LogP contribution >= 0.6 is 0 Å². The first-order valence-electron chi connectivity index (χ1n) is 5.66. The normalized spacial score (nSPS) is 10.7. The van der Waals surface area contributed by atoms with Crippen molar-refractivity contribution in [1.29, 1.82) is 0 Å². The molecular weight excluding hydrogens is 204 g/mol. The molecule has 0 aliphatic carbocycles. The molecule has 16 heavy (non-hydrogen) atoms. The molecule has 1 aromatic carbocycles. The average Bonchev–Trinajstić information content (AvgIpc) is 2.29. The van der Waals surface area contributed by atoms with Crippen LogP contribution in [0.2, 0.25) is 0 Å². The van der Waals surface area contributed by atoms with Crippen LogP contribution in [0.1, 0.15) is 30.5 Å². The summed E-state index contributed by atoms with van der Waals surface area (Å²) >= 11 is 0. The van der Waals surface area contributed by atoms with Gasteiger partial charge in [0.05, 0.1) is 13.2 Å². The van der Waals surface area contributed by atoms with E-state index in [-0.39, 0.29) is 0 Å². The lowest BCUT2D eigenvalue weighted by Gasteiger charge is -2.13. The van der Waals surface area contributed by atoms with E-state index in [9.17, 15) is 5.11 Å². The summed E-state index contributed by atoms with van der Waals surface area (Å²) < 4.78 is 10.8. The fraction of sp³-hybridized carbons (Fsp3) is 0.538. The van der Waals surface area contributed by atoms with Gasteiger partial charge in [0.25, 0.3) is 0 Å². The molecule has 0 aromatic heterocycles. The molecule has 0 spiro atoms.